The third kappa shape index (κ3) is 7.33. The molecule has 0 aromatic carbocycles. The van der Waals surface area contributed by atoms with E-state index in [1.807, 2.05) is 0 Å². The van der Waals surface area contributed by atoms with Crippen LogP contribution in [0.25, 0.3) is 0 Å². The van der Waals surface area contributed by atoms with E-state index >= 15 is 0 Å². The number of hydrogen-bond donors (Lipinski definition) is 3. The molecule has 11 nitrogen and oxygen atoms in total. The average Bonchev–Trinajstić information content (AvgIpc) is 3.53. The molecule has 1 saturated carbocycles. The van der Waals surface area contributed by atoms with Crippen LogP contribution in [0, 0.1) is 0 Å². The lowest BCUT2D eigenvalue weighted by Crippen LogP contribution is -2.52. The SMILES string of the molecule is C=C(C)[C@H](O)c1coc(C(=O)c2cncnc2N[C@@H]2C[C@H](O[Si](C(C)C)(C(C)C)C(C)C)[C@H](OS(=O)(=O)NC)C2)c1. The number of carbonyl (C=O) groups is 1. The Hall–Kier alpha value is -2.42. The molecule has 1 aliphatic carbocycles. The van der Waals surface area contributed by atoms with Crippen molar-refractivity contribution in [3.63, 3.8) is 0 Å². The number of nitrogens with zero attached hydrogens (tertiary/aromatic N) is 2. The molecule has 228 valence electrons. The number of anilines is 1. The first-order valence-corrected chi connectivity index (χ1v) is 17.5. The normalized spacial score (nSPS) is 20.6. The summed E-state index contributed by atoms with van der Waals surface area (Å²) in [5.41, 5.74) is 2.00. The van der Waals surface area contributed by atoms with Gasteiger partial charge in [-0.25, -0.2) is 9.97 Å². The monoisotopic (exact) mass is 608 g/mol. The van der Waals surface area contributed by atoms with Crippen LogP contribution >= 0.6 is 0 Å². The van der Waals surface area contributed by atoms with Gasteiger partial charge in [0.25, 0.3) is 0 Å². The first kappa shape index (κ1) is 33.1. The van der Waals surface area contributed by atoms with Gasteiger partial charge in [0.1, 0.15) is 24.4 Å². The lowest BCUT2D eigenvalue weighted by molar-refractivity contribution is 0.0678. The van der Waals surface area contributed by atoms with Gasteiger partial charge in [-0.2, -0.15) is 13.1 Å². The van der Waals surface area contributed by atoms with E-state index in [-0.39, 0.29) is 23.2 Å². The van der Waals surface area contributed by atoms with Crippen molar-refractivity contribution in [2.75, 3.05) is 12.4 Å². The summed E-state index contributed by atoms with van der Waals surface area (Å²) < 4.78 is 45.1. The van der Waals surface area contributed by atoms with Crippen LogP contribution in [-0.4, -0.2) is 62.9 Å². The fraction of sp³-hybridized carbons (Fsp3) is 0.607. The number of ketones is 1. The molecule has 0 spiro atoms. The van der Waals surface area contributed by atoms with E-state index in [0.717, 1.165) is 0 Å². The van der Waals surface area contributed by atoms with Gasteiger partial charge < -0.3 is 19.3 Å². The predicted molar refractivity (Wildman–Crippen MR) is 159 cm³/mol. The van der Waals surface area contributed by atoms with E-state index in [0.29, 0.717) is 40.6 Å². The molecular formula is C28H44N4O7SSi. The van der Waals surface area contributed by atoms with Crippen LogP contribution in [0.1, 0.15) is 89.1 Å². The van der Waals surface area contributed by atoms with E-state index in [4.69, 9.17) is 13.0 Å². The smallest absolute Gasteiger partial charge is 0.335 e. The van der Waals surface area contributed by atoms with Gasteiger partial charge >= 0.3 is 10.3 Å². The summed E-state index contributed by atoms with van der Waals surface area (Å²) in [6.07, 6.45) is 2.65. The Morgan fingerprint density at radius 3 is 2.32 bits per heavy atom. The standard InChI is InChI=1S/C28H44N4O7SSi/c1-16(2)26(33)20-10-25(37-14-20)27(34)22-13-30-15-31-28(22)32-21-11-23(38-40(35,36)29-9)24(12-21)39-41(17(3)4,18(5)6)19(7)8/h10,13-15,17-19,21,23-24,26,29,33H,1,11-12H2,2-9H3,(H,30,31,32)/t21-,23+,24-,26-/m0/s1. The van der Waals surface area contributed by atoms with E-state index < -0.39 is 42.7 Å². The van der Waals surface area contributed by atoms with Gasteiger partial charge in [-0.1, -0.05) is 48.1 Å². The Labute approximate surface area is 244 Å². The molecular weight excluding hydrogens is 564 g/mol. The Bertz CT molecular complexity index is 1310. The lowest BCUT2D eigenvalue weighted by atomic mass is 10.1. The van der Waals surface area contributed by atoms with Crippen LogP contribution in [-0.2, 0) is 18.9 Å². The van der Waals surface area contributed by atoms with Crippen LogP contribution in [0.15, 0.2) is 41.4 Å². The highest BCUT2D eigenvalue weighted by atomic mass is 32.2. The number of aromatic nitrogens is 2. The van der Waals surface area contributed by atoms with E-state index in [1.54, 1.807) is 6.92 Å². The zero-order chi connectivity index (χ0) is 30.7. The first-order chi connectivity index (χ1) is 19.1. The minimum absolute atomic E-state index is 0.0219. The minimum atomic E-state index is -3.98. The van der Waals surface area contributed by atoms with Gasteiger partial charge in [-0.05, 0) is 48.0 Å². The second-order valence-corrected chi connectivity index (χ2v) is 18.6. The maximum absolute atomic E-state index is 13.4. The lowest BCUT2D eigenvalue weighted by Gasteiger charge is -2.44. The van der Waals surface area contributed by atoms with Crippen LogP contribution in [0.4, 0.5) is 5.82 Å². The summed E-state index contributed by atoms with van der Waals surface area (Å²) >= 11 is 0. The second-order valence-electron chi connectivity index (χ2n) is 11.7. The van der Waals surface area contributed by atoms with Crippen molar-refractivity contribution < 1.29 is 31.3 Å². The third-order valence-electron chi connectivity index (χ3n) is 7.93. The van der Waals surface area contributed by atoms with Crippen molar-refractivity contribution in [3.05, 3.63) is 53.9 Å². The van der Waals surface area contributed by atoms with Crippen LogP contribution in [0.3, 0.4) is 0 Å². The molecule has 0 amide bonds. The number of aliphatic hydroxyl groups excluding tert-OH is 1. The molecule has 3 N–H and O–H groups in total. The summed E-state index contributed by atoms with van der Waals surface area (Å²) in [6, 6.07) is 1.17. The molecule has 1 fully saturated rings. The maximum Gasteiger partial charge on any atom is 0.335 e. The molecule has 41 heavy (non-hydrogen) atoms. The Morgan fingerprint density at radius 1 is 1.15 bits per heavy atom. The first-order valence-electron chi connectivity index (χ1n) is 14.0. The van der Waals surface area contributed by atoms with Gasteiger partial charge in [0.15, 0.2) is 5.76 Å². The molecule has 2 aromatic heterocycles. The summed E-state index contributed by atoms with van der Waals surface area (Å²) in [7, 11) is -5.04. The number of rotatable bonds is 14. The average molecular weight is 609 g/mol. The fourth-order valence-electron chi connectivity index (χ4n) is 6.02. The molecule has 0 radical (unpaired) electrons. The van der Waals surface area contributed by atoms with Crippen molar-refractivity contribution in [3.8, 4) is 0 Å². The Morgan fingerprint density at radius 2 is 1.76 bits per heavy atom. The summed E-state index contributed by atoms with van der Waals surface area (Å²) in [4.78, 5) is 21.7. The van der Waals surface area contributed by atoms with Crippen molar-refractivity contribution in [2.24, 2.45) is 0 Å². The van der Waals surface area contributed by atoms with Gasteiger partial charge in [-0.15, -0.1) is 0 Å². The van der Waals surface area contributed by atoms with Gasteiger partial charge in [-0.3, -0.25) is 8.98 Å². The van der Waals surface area contributed by atoms with Crippen molar-refractivity contribution in [2.45, 2.75) is 102 Å². The van der Waals surface area contributed by atoms with Crippen molar-refractivity contribution in [1.82, 2.24) is 14.7 Å². The Balaban J connectivity index is 1.90. The largest absolute Gasteiger partial charge is 0.460 e. The van der Waals surface area contributed by atoms with Gasteiger partial charge in [0, 0.05) is 24.8 Å². The highest BCUT2D eigenvalue weighted by Gasteiger charge is 2.50. The molecule has 4 atom stereocenters. The van der Waals surface area contributed by atoms with E-state index in [9.17, 15) is 18.3 Å². The minimum Gasteiger partial charge on any atom is -0.460 e. The molecule has 0 saturated heterocycles. The Kier molecular flexibility index (Phi) is 10.7. The maximum atomic E-state index is 13.4. The molecule has 2 aromatic rings. The molecule has 3 rings (SSSR count). The van der Waals surface area contributed by atoms with Crippen LogP contribution in [0.5, 0.6) is 0 Å². The zero-order valence-corrected chi connectivity index (χ0v) is 27.0. The quantitative estimate of drug-likeness (QED) is 0.153. The number of aliphatic hydroxyl groups is 1. The molecule has 13 heteroatoms. The number of nitrogens with one attached hydrogen (secondary N) is 2. The van der Waals surface area contributed by atoms with Gasteiger partial charge in [0.05, 0.1) is 17.9 Å². The second kappa shape index (κ2) is 13.3. The van der Waals surface area contributed by atoms with Crippen LogP contribution in [0.2, 0.25) is 16.6 Å². The van der Waals surface area contributed by atoms with Crippen molar-refractivity contribution in [1.29, 1.82) is 0 Å². The van der Waals surface area contributed by atoms with E-state index in [2.05, 4.69) is 68.1 Å². The molecule has 0 bridgehead atoms. The molecule has 0 unspecified atom stereocenters. The highest BCUT2D eigenvalue weighted by molar-refractivity contribution is 7.84. The van der Waals surface area contributed by atoms with Crippen molar-refractivity contribution >= 4 is 30.2 Å². The summed E-state index contributed by atoms with van der Waals surface area (Å²) in [5, 5.41) is 13.6. The zero-order valence-electron chi connectivity index (χ0n) is 25.2. The molecule has 1 aliphatic rings. The summed E-state index contributed by atoms with van der Waals surface area (Å²) in [6.45, 7) is 18.5. The fourth-order valence-corrected chi connectivity index (χ4v) is 12.2. The van der Waals surface area contributed by atoms with Crippen LogP contribution < -0.4 is 10.0 Å². The predicted octanol–water partition coefficient (Wildman–Crippen LogP) is 4.89. The number of furan rings is 1. The number of hydrogen-bond acceptors (Lipinski definition) is 10. The topological polar surface area (TPSA) is 153 Å². The number of carbonyl (C=O) groups excluding carboxylic acids is 1. The molecule has 0 aliphatic heterocycles. The highest BCUT2D eigenvalue weighted by Crippen LogP contribution is 2.45. The van der Waals surface area contributed by atoms with Gasteiger partial charge in [0.2, 0.25) is 14.1 Å². The summed E-state index contributed by atoms with van der Waals surface area (Å²) in [5.74, 6) is -0.159. The molecule has 2 heterocycles. The van der Waals surface area contributed by atoms with E-state index in [1.165, 1.54) is 31.9 Å². The third-order valence-corrected chi connectivity index (χ3v) is 15.1.